The van der Waals surface area contributed by atoms with Gasteiger partial charge in [0.15, 0.2) is 5.78 Å². The summed E-state index contributed by atoms with van der Waals surface area (Å²) in [6.07, 6.45) is 7.55. The largest absolute Gasteiger partial charge is 0.371 e. The molecule has 2 fully saturated rings. The monoisotopic (exact) mass is 369 g/mol. The molecule has 140 valence electrons. The number of para-hydroxylation sites is 1. The molecule has 0 amide bonds. The van der Waals surface area contributed by atoms with Crippen LogP contribution in [-0.2, 0) is 4.79 Å². The average Bonchev–Trinajstić information content (AvgIpc) is 2.90. The quantitative estimate of drug-likeness (QED) is 0.657. The summed E-state index contributed by atoms with van der Waals surface area (Å²) in [4.78, 5) is 16.4. The maximum absolute atomic E-state index is 12.7. The number of fused-ring (bicyclic) bond motifs is 1. The number of nitrogens with zero attached hydrogens (tertiary/aromatic N) is 1. The SMILES string of the molecule is CC(=O)C1=C(c2ccccc2N(C)C2CCC2)SC2CCC(C)(C)CC12. The summed E-state index contributed by atoms with van der Waals surface area (Å²) in [5, 5.41) is 0.582. The highest BCUT2D eigenvalue weighted by Gasteiger charge is 2.44. The molecule has 0 radical (unpaired) electrons. The Balaban J connectivity index is 1.76. The van der Waals surface area contributed by atoms with E-state index in [0.717, 1.165) is 12.0 Å². The number of carbonyl (C=O) groups is 1. The first-order valence-corrected chi connectivity index (χ1v) is 11.0. The fourth-order valence-electron chi connectivity index (χ4n) is 4.95. The van der Waals surface area contributed by atoms with E-state index >= 15 is 0 Å². The second-order valence-corrected chi connectivity index (χ2v) is 10.4. The topological polar surface area (TPSA) is 20.3 Å². The van der Waals surface area contributed by atoms with Crippen molar-refractivity contribution < 1.29 is 4.79 Å². The van der Waals surface area contributed by atoms with Crippen molar-refractivity contribution in [1.29, 1.82) is 0 Å². The lowest BCUT2D eigenvalue weighted by Crippen LogP contribution is -2.37. The van der Waals surface area contributed by atoms with Crippen LogP contribution in [0.15, 0.2) is 29.8 Å². The molecule has 2 saturated carbocycles. The number of Topliss-reactive ketones (excluding diaryl/α,β-unsaturated/α-hetero) is 1. The molecule has 1 aliphatic heterocycles. The molecule has 1 heterocycles. The Morgan fingerprint density at radius 3 is 2.58 bits per heavy atom. The molecule has 3 aliphatic rings. The first-order valence-electron chi connectivity index (χ1n) is 10.1. The number of allylic oxidation sites excluding steroid dienone is 1. The van der Waals surface area contributed by atoms with Gasteiger partial charge in [0, 0.05) is 46.0 Å². The van der Waals surface area contributed by atoms with Crippen molar-refractivity contribution in [3.63, 3.8) is 0 Å². The highest BCUT2D eigenvalue weighted by atomic mass is 32.2. The molecule has 2 aliphatic carbocycles. The van der Waals surface area contributed by atoms with Crippen molar-refractivity contribution in [1.82, 2.24) is 0 Å². The van der Waals surface area contributed by atoms with E-state index in [-0.39, 0.29) is 5.78 Å². The average molecular weight is 370 g/mol. The van der Waals surface area contributed by atoms with Crippen LogP contribution >= 0.6 is 11.8 Å². The van der Waals surface area contributed by atoms with Crippen molar-refractivity contribution in [2.75, 3.05) is 11.9 Å². The molecule has 0 N–H and O–H groups in total. The second kappa shape index (κ2) is 6.74. The number of thioether (sulfide) groups is 1. The smallest absolute Gasteiger partial charge is 0.157 e. The van der Waals surface area contributed by atoms with E-state index in [1.54, 1.807) is 6.92 Å². The van der Waals surface area contributed by atoms with E-state index in [4.69, 9.17) is 0 Å². The van der Waals surface area contributed by atoms with E-state index in [1.807, 2.05) is 11.8 Å². The molecule has 2 nitrogen and oxygen atoms in total. The molecule has 1 aromatic carbocycles. The number of benzene rings is 1. The highest BCUT2D eigenvalue weighted by Crippen LogP contribution is 2.57. The van der Waals surface area contributed by atoms with Crippen LogP contribution in [0.3, 0.4) is 0 Å². The lowest BCUT2D eigenvalue weighted by atomic mass is 9.69. The van der Waals surface area contributed by atoms with E-state index in [1.165, 1.54) is 48.3 Å². The summed E-state index contributed by atoms with van der Waals surface area (Å²) in [6.45, 7) is 6.50. The zero-order valence-electron chi connectivity index (χ0n) is 16.5. The van der Waals surface area contributed by atoms with E-state index in [0.29, 0.717) is 22.6 Å². The van der Waals surface area contributed by atoms with Gasteiger partial charge in [0.25, 0.3) is 0 Å². The van der Waals surface area contributed by atoms with Gasteiger partial charge in [-0.25, -0.2) is 0 Å². The molecule has 26 heavy (non-hydrogen) atoms. The fraction of sp³-hybridized carbons (Fsp3) is 0.609. The number of hydrogen-bond donors (Lipinski definition) is 0. The fourth-order valence-corrected chi connectivity index (χ4v) is 6.61. The number of carbonyl (C=O) groups excluding carboxylic acids is 1. The van der Waals surface area contributed by atoms with Gasteiger partial charge in [-0.15, -0.1) is 11.8 Å². The van der Waals surface area contributed by atoms with Gasteiger partial charge in [0.1, 0.15) is 0 Å². The van der Waals surface area contributed by atoms with Gasteiger partial charge in [-0.05, 0) is 56.9 Å². The Morgan fingerprint density at radius 2 is 1.92 bits per heavy atom. The summed E-state index contributed by atoms with van der Waals surface area (Å²) in [5.74, 6) is 0.706. The summed E-state index contributed by atoms with van der Waals surface area (Å²) >= 11 is 1.99. The second-order valence-electron chi connectivity index (χ2n) is 9.18. The maximum atomic E-state index is 12.7. The molecular formula is C23H31NOS. The summed E-state index contributed by atoms with van der Waals surface area (Å²) in [6, 6.07) is 9.40. The Kier molecular flexibility index (Phi) is 4.71. The molecule has 0 aromatic heterocycles. The standard InChI is InChI=1S/C23H31NOS/c1-15(25)21-18-14-23(2,3)13-12-20(18)26-22(21)17-10-5-6-11-19(17)24(4)16-8-7-9-16/h5-6,10-11,16,18,20H,7-9,12-14H2,1-4H3. The third kappa shape index (κ3) is 3.13. The molecule has 0 spiro atoms. The predicted molar refractivity (Wildman–Crippen MR) is 113 cm³/mol. The zero-order valence-corrected chi connectivity index (χ0v) is 17.4. The van der Waals surface area contributed by atoms with Crippen molar-refractivity contribution in [2.45, 2.75) is 70.6 Å². The van der Waals surface area contributed by atoms with Crippen molar-refractivity contribution in [3.05, 3.63) is 35.4 Å². The van der Waals surface area contributed by atoms with Crippen LogP contribution in [-0.4, -0.2) is 24.1 Å². The van der Waals surface area contributed by atoms with Crippen LogP contribution in [0.2, 0.25) is 0 Å². The highest BCUT2D eigenvalue weighted by molar-refractivity contribution is 8.09. The first-order chi connectivity index (χ1) is 12.4. The molecule has 0 saturated heterocycles. The van der Waals surface area contributed by atoms with Crippen LogP contribution in [0.1, 0.15) is 64.9 Å². The minimum Gasteiger partial charge on any atom is -0.371 e. The summed E-state index contributed by atoms with van der Waals surface area (Å²) in [7, 11) is 2.23. The molecule has 4 rings (SSSR count). The first kappa shape index (κ1) is 18.2. The lowest BCUT2D eigenvalue weighted by molar-refractivity contribution is -0.114. The van der Waals surface area contributed by atoms with Gasteiger partial charge >= 0.3 is 0 Å². The van der Waals surface area contributed by atoms with Crippen LogP contribution in [0, 0.1) is 11.3 Å². The molecule has 2 atom stereocenters. The van der Waals surface area contributed by atoms with E-state index in [9.17, 15) is 4.79 Å². The number of ketones is 1. The van der Waals surface area contributed by atoms with Crippen molar-refractivity contribution in [2.24, 2.45) is 11.3 Å². The zero-order chi connectivity index (χ0) is 18.5. The van der Waals surface area contributed by atoms with Crippen molar-refractivity contribution in [3.8, 4) is 0 Å². The normalized spacial score (nSPS) is 27.8. The van der Waals surface area contributed by atoms with Gasteiger partial charge < -0.3 is 4.90 Å². The number of anilines is 1. The minimum atomic E-state index is 0.277. The third-order valence-electron chi connectivity index (χ3n) is 6.74. The lowest BCUT2D eigenvalue weighted by Gasteiger charge is -2.37. The van der Waals surface area contributed by atoms with E-state index in [2.05, 4.69) is 50.1 Å². The van der Waals surface area contributed by atoms with Gasteiger partial charge in [0.2, 0.25) is 0 Å². The Labute approximate surface area is 162 Å². The molecule has 1 aromatic rings. The molecule has 3 heteroatoms. The van der Waals surface area contributed by atoms with Gasteiger partial charge in [-0.2, -0.15) is 0 Å². The van der Waals surface area contributed by atoms with Gasteiger partial charge in [-0.3, -0.25) is 4.79 Å². The van der Waals surface area contributed by atoms with E-state index < -0.39 is 0 Å². The van der Waals surface area contributed by atoms with Gasteiger partial charge in [-0.1, -0.05) is 32.0 Å². The Morgan fingerprint density at radius 1 is 1.19 bits per heavy atom. The molecular weight excluding hydrogens is 338 g/mol. The van der Waals surface area contributed by atoms with Crippen molar-refractivity contribution >= 4 is 28.1 Å². The van der Waals surface area contributed by atoms with Crippen LogP contribution in [0.25, 0.3) is 4.91 Å². The van der Waals surface area contributed by atoms with Crippen LogP contribution < -0.4 is 4.90 Å². The maximum Gasteiger partial charge on any atom is 0.157 e. The third-order valence-corrected chi connectivity index (χ3v) is 8.28. The Bertz CT molecular complexity index is 746. The number of rotatable bonds is 4. The van der Waals surface area contributed by atoms with Crippen LogP contribution in [0.4, 0.5) is 5.69 Å². The van der Waals surface area contributed by atoms with Crippen LogP contribution in [0.5, 0.6) is 0 Å². The summed E-state index contributed by atoms with van der Waals surface area (Å²) in [5.41, 5.74) is 4.04. The van der Waals surface area contributed by atoms with Gasteiger partial charge in [0.05, 0.1) is 0 Å². The Hall–Kier alpha value is -1.22. The predicted octanol–water partition coefficient (Wildman–Crippen LogP) is 5.92. The molecule has 0 bridgehead atoms. The molecule has 2 unspecified atom stereocenters. The minimum absolute atomic E-state index is 0.277. The number of hydrogen-bond acceptors (Lipinski definition) is 3. The summed E-state index contributed by atoms with van der Waals surface area (Å²) < 4.78 is 0.